The van der Waals surface area contributed by atoms with Gasteiger partial charge in [-0.05, 0) is 18.8 Å². The summed E-state index contributed by atoms with van der Waals surface area (Å²) in [7, 11) is -3.70. The average Bonchev–Trinajstić information content (AvgIpc) is 2.86. The molecule has 12 heteroatoms. The van der Waals surface area contributed by atoms with Crippen molar-refractivity contribution in [3.05, 3.63) is 22.5 Å². The van der Waals surface area contributed by atoms with Crippen LogP contribution in [0, 0.1) is 17.2 Å². The van der Waals surface area contributed by atoms with Crippen molar-refractivity contribution in [1.82, 2.24) is 18.9 Å². The summed E-state index contributed by atoms with van der Waals surface area (Å²) in [6.45, 7) is 3.02. The van der Waals surface area contributed by atoms with E-state index in [0.717, 1.165) is 10.6 Å². The molecule has 1 aliphatic rings. The molecule has 0 aromatic carbocycles. The van der Waals surface area contributed by atoms with Crippen molar-refractivity contribution in [3.8, 4) is 6.07 Å². The number of hydrogen-bond donors (Lipinski definition) is 1. The molecule has 8 nitrogen and oxygen atoms in total. The highest BCUT2D eigenvalue weighted by atomic mass is 35.5. The highest BCUT2D eigenvalue weighted by Gasteiger charge is 2.47. The summed E-state index contributed by atoms with van der Waals surface area (Å²) in [5, 5.41) is 16.6. The van der Waals surface area contributed by atoms with E-state index in [1.807, 2.05) is 13.8 Å². The molecule has 0 bridgehead atoms. The lowest BCUT2D eigenvalue weighted by atomic mass is 10.0. The fraction of sp³-hybridized carbons (Fsp3) is 0.588. The molecule has 2 aromatic rings. The summed E-state index contributed by atoms with van der Waals surface area (Å²) in [4.78, 5) is 4.06. The number of aromatic nitrogens is 3. The van der Waals surface area contributed by atoms with Crippen LogP contribution in [0.2, 0.25) is 5.02 Å². The predicted molar refractivity (Wildman–Crippen MR) is 105 cm³/mol. The number of fused-ring (bicyclic) bond motifs is 1. The van der Waals surface area contributed by atoms with Crippen LogP contribution in [0.15, 0.2) is 6.20 Å². The van der Waals surface area contributed by atoms with Crippen LogP contribution in [0.3, 0.4) is 0 Å². The number of alkyl halides is 2. The Morgan fingerprint density at radius 3 is 2.72 bits per heavy atom. The van der Waals surface area contributed by atoms with Crippen molar-refractivity contribution < 1.29 is 17.2 Å². The Morgan fingerprint density at radius 2 is 2.17 bits per heavy atom. The van der Waals surface area contributed by atoms with Crippen molar-refractivity contribution in [2.24, 2.45) is 5.92 Å². The minimum Gasteiger partial charge on any atom is -0.344 e. The van der Waals surface area contributed by atoms with E-state index in [0.29, 0.717) is 23.2 Å². The van der Waals surface area contributed by atoms with Gasteiger partial charge in [-0.3, -0.25) is 0 Å². The topological polar surface area (TPSA) is 103 Å². The van der Waals surface area contributed by atoms with E-state index in [-0.39, 0.29) is 29.9 Å². The zero-order valence-electron chi connectivity index (χ0n) is 16.2. The molecule has 1 fully saturated rings. The van der Waals surface area contributed by atoms with Gasteiger partial charge in [0.2, 0.25) is 16.0 Å². The quantitative estimate of drug-likeness (QED) is 0.757. The summed E-state index contributed by atoms with van der Waals surface area (Å²) in [6.07, 6.45) is 2.71. The molecule has 0 spiro atoms. The summed E-state index contributed by atoms with van der Waals surface area (Å²) in [5.41, 5.74) is 1.30. The van der Waals surface area contributed by atoms with Gasteiger partial charge in [-0.2, -0.15) is 9.57 Å². The standard InChI is InChI=1S/C17H21ClF2N6O2S/c1-10(2)6-12-11(7-21)15(18)13-8-22-16(24-26(12)13)23-14-4-5-25(29(3,27)28)9-17(14,19)20/h8,10,14H,4-6,9H2,1-3H3,(H,23,24). The minimum atomic E-state index is -3.70. The second-order valence-electron chi connectivity index (χ2n) is 7.57. The van der Waals surface area contributed by atoms with Crippen LogP contribution < -0.4 is 5.32 Å². The largest absolute Gasteiger partial charge is 0.344 e. The lowest BCUT2D eigenvalue weighted by Gasteiger charge is -2.37. The number of hydrogen-bond acceptors (Lipinski definition) is 6. The fourth-order valence-corrected chi connectivity index (χ4v) is 4.47. The summed E-state index contributed by atoms with van der Waals surface area (Å²) in [6, 6.07) is 0.742. The molecule has 2 aromatic heterocycles. The lowest BCUT2D eigenvalue weighted by molar-refractivity contribution is -0.0541. The van der Waals surface area contributed by atoms with Crippen molar-refractivity contribution in [2.75, 3.05) is 24.7 Å². The van der Waals surface area contributed by atoms with Gasteiger partial charge >= 0.3 is 0 Å². The van der Waals surface area contributed by atoms with Crippen LogP contribution in [0.1, 0.15) is 31.5 Å². The molecule has 0 aliphatic carbocycles. The third-order valence-electron chi connectivity index (χ3n) is 4.77. The summed E-state index contributed by atoms with van der Waals surface area (Å²) >= 11 is 6.27. The second kappa shape index (κ2) is 7.66. The maximum absolute atomic E-state index is 14.5. The molecule has 1 unspecified atom stereocenters. The number of halogens is 3. The van der Waals surface area contributed by atoms with Crippen LogP contribution >= 0.6 is 11.6 Å². The highest BCUT2D eigenvalue weighted by Crippen LogP contribution is 2.32. The fourth-order valence-electron chi connectivity index (χ4n) is 3.35. The molecule has 1 saturated heterocycles. The number of nitrogens with zero attached hydrogens (tertiary/aromatic N) is 5. The normalized spacial score (nSPS) is 20.1. The Kier molecular flexibility index (Phi) is 5.73. The minimum absolute atomic E-state index is 0.0269. The number of nitrogens with one attached hydrogen (secondary N) is 1. The molecule has 3 heterocycles. The first kappa shape index (κ1) is 21.7. The number of nitriles is 1. The number of anilines is 1. The SMILES string of the molecule is CC(C)Cc1c(C#N)c(Cl)c2cnc(NC3CCN(S(C)(=O)=O)CC3(F)F)nn12. The molecule has 1 aliphatic heterocycles. The first-order valence-corrected chi connectivity index (χ1v) is 11.2. The molecular weight excluding hydrogens is 426 g/mol. The Morgan fingerprint density at radius 1 is 1.48 bits per heavy atom. The van der Waals surface area contributed by atoms with Gasteiger partial charge in [0.05, 0.1) is 41.3 Å². The van der Waals surface area contributed by atoms with Gasteiger partial charge in [0.1, 0.15) is 11.6 Å². The predicted octanol–water partition coefficient (Wildman–Crippen LogP) is 2.53. The number of rotatable bonds is 5. The Hall–Kier alpha value is -2.03. The van der Waals surface area contributed by atoms with Crippen LogP contribution in [-0.4, -0.2) is 58.6 Å². The summed E-state index contributed by atoms with van der Waals surface area (Å²) < 4.78 is 54.4. The number of piperidine rings is 1. The van der Waals surface area contributed by atoms with E-state index >= 15 is 0 Å². The maximum Gasteiger partial charge on any atom is 0.281 e. The van der Waals surface area contributed by atoms with Crippen LogP contribution in [0.4, 0.5) is 14.7 Å². The third kappa shape index (κ3) is 4.29. The van der Waals surface area contributed by atoms with Crippen molar-refractivity contribution in [3.63, 3.8) is 0 Å². The molecule has 3 rings (SSSR count). The van der Waals surface area contributed by atoms with E-state index < -0.39 is 28.5 Å². The number of sulfonamides is 1. The molecule has 1 atom stereocenters. The molecule has 158 valence electrons. The van der Waals surface area contributed by atoms with Gasteiger partial charge in [-0.15, -0.1) is 5.10 Å². The van der Waals surface area contributed by atoms with Gasteiger partial charge in [-0.1, -0.05) is 25.4 Å². The molecule has 0 radical (unpaired) electrons. The Labute approximate surface area is 172 Å². The average molecular weight is 447 g/mol. The summed E-state index contributed by atoms with van der Waals surface area (Å²) in [5.74, 6) is -3.13. The molecular formula is C17H21ClF2N6O2S. The van der Waals surface area contributed by atoms with Gasteiger partial charge in [-0.25, -0.2) is 26.7 Å². The van der Waals surface area contributed by atoms with Gasteiger partial charge < -0.3 is 5.32 Å². The molecule has 0 amide bonds. The van der Waals surface area contributed by atoms with Crippen LogP contribution in [-0.2, 0) is 16.4 Å². The zero-order valence-corrected chi connectivity index (χ0v) is 17.7. The van der Waals surface area contributed by atoms with Gasteiger partial charge in [0.25, 0.3) is 5.92 Å². The Balaban J connectivity index is 1.92. The molecule has 29 heavy (non-hydrogen) atoms. The monoisotopic (exact) mass is 446 g/mol. The van der Waals surface area contributed by atoms with E-state index in [2.05, 4.69) is 21.5 Å². The van der Waals surface area contributed by atoms with E-state index in [4.69, 9.17) is 11.6 Å². The zero-order chi connectivity index (χ0) is 21.6. The second-order valence-corrected chi connectivity index (χ2v) is 9.93. The van der Waals surface area contributed by atoms with Crippen molar-refractivity contribution in [2.45, 2.75) is 38.7 Å². The van der Waals surface area contributed by atoms with Crippen molar-refractivity contribution >= 4 is 33.1 Å². The molecule has 1 N–H and O–H groups in total. The van der Waals surface area contributed by atoms with Crippen LogP contribution in [0.5, 0.6) is 0 Å². The van der Waals surface area contributed by atoms with Crippen molar-refractivity contribution in [1.29, 1.82) is 5.26 Å². The molecule has 0 saturated carbocycles. The van der Waals surface area contributed by atoms with Gasteiger partial charge in [0, 0.05) is 6.54 Å². The van der Waals surface area contributed by atoms with E-state index in [1.54, 1.807) is 0 Å². The lowest BCUT2D eigenvalue weighted by Crippen LogP contribution is -2.55. The first-order valence-electron chi connectivity index (χ1n) is 8.99. The van der Waals surface area contributed by atoms with Gasteiger partial charge in [0.15, 0.2) is 0 Å². The van der Waals surface area contributed by atoms with E-state index in [1.165, 1.54) is 10.7 Å². The first-order chi connectivity index (χ1) is 13.4. The Bertz CT molecular complexity index is 1080. The van der Waals surface area contributed by atoms with E-state index in [9.17, 15) is 22.5 Å². The highest BCUT2D eigenvalue weighted by molar-refractivity contribution is 7.88. The maximum atomic E-state index is 14.5. The van der Waals surface area contributed by atoms with Crippen LogP contribution in [0.25, 0.3) is 5.52 Å². The third-order valence-corrected chi connectivity index (χ3v) is 6.40. The smallest absolute Gasteiger partial charge is 0.281 e.